The van der Waals surface area contributed by atoms with Gasteiger partial charge in [0.15, 0.2) is 0 Å². The van der Waals surface area contributed by atoms with E-state index < -0.39 is 0 Å². The van der Waals surface area contributed by atoms with Crippen LogP contribution in [0.5, 0.6) is 0 Å². The summed E-state index contributed by atoms with van der Waals surface area (Å²) in [7, 11) is 0. The number of rotatable bonds is 8. The lowest BCUT2D eigenvalue weighted by atomic mass is 10.1. The Morgan fingerprint density at radius 2 is 1.95 bits per heavy atom. The quantitative estimate of drug-likeness (QED) is 0.773. The van der Waals surface area contributed by atoms with Crippen molar-refractivity contribution in [2.24, 2.45) is 0 Å². The van der Waals surface area contributed by atoms with Gasteiger partial charge in [-0.1, -0.05) is 37.1 Å². The molecule has 1 aliphatic carbocycles. The van der Waals surface area contributed by atoms with E-state index in [1.807, 2.05) is 31.2 Å². The molecule has 0 unspecified atom stereocenters. The molecule has 0 saturated heterocycles. The smallest absolute Gasteiger partial charge is 0.234 e. The maximum Gasteiger partial charge on any atom is 0.234 e. The van der Waals surface area contributed by atoms with Crippen molar-refractivity contribution in [2.75, 3.05) is 13.2 Å². The summed E-state index contributed by atoms with van der Waals surface area (Å²) in [5.41, 5.74) is 2.27. The first-order chi connectivity index (χ1) is 10.3. The Balaban J connectivity index is 1.75. The van der Waals surface area contributed by atoms with Gasteiger partial charge in [-0.25, -0.2) is 0 Å². The van der Waals surface area contributed by atoms with E-state index in [9.17, 15) is 4.79 Å². The molecule has 0 bridgehead atoms. The third-order valence-electron chi connectivity index (χ3n) is 3.96. The maximum atomic E-state index is 11.9. The average Bonchev–Trinajstić information content (AvgIpc) is 3.03. The minimum Gasteiger partial charge on any atom is -0.377 e. The highest BCUT2D eigenvalue weighted by Gasteiger charge is 2.15. The minimum absolute atomic E-state index is 0.0631. The van der Waals surface area contributed by atoms with Crippen LogP contribution in [-0.2, 0) is 22.7 Å². The summed E-state index contributed by atoms with van der Waals surface area (Å²) < 4.78 is 5.46. The van der Waals surface area contributed by atoms with Crippen molar-refractivity contribution in [2.45, 2.75) is 51.8 Å². The van der Waals surface area contributed by atoms with Crippen LogP contribution in [0.4, 0.5) is 0 Å². The van der Waals surface area contributed by atoms with Gasteiger partial charge in [0.2, 0.25) is 5.91 Å². The zero-order chi connectivity index (χ0) is 14.9. The van der Waals surface area contributed by atoms with Crippen LogP contribution in [-0.4, -0.2) is 25.1 Å². The highest BCUT2D eigenvalue weighted by Crippen LogP contribution is 2.17. The van der Waals surface area contributed by atoms with Crippen LogP contribution in [0.3, 0.4) is 0 Å². The lowest BCUT2D eigenvalue weighted by Crippen LogP contribution is -2.37. The van der Waals surface area contributed by atoms with Crippen molar-refractivity contribution in [3.8, 4) is 0 Å². The second-order valence-electron chi connectivity index (χ2n) is 5.54. The monoisotopic (exact) mass is 290 g/mol. The zero-order valence-corrected chi connectivity index (χ0v) is 12.9. The van der Waals surface area contributed by atoms with Crippen molar-refractivity contribution < 1.29 is 9.53 Å². The molecule has 2 N–H and O–H groups in total. The van der Waals surface area contributed by atoms with E-state index in [2.05, 4.69) is 10.6 Å². The van der Waals surface area contributed by atoms with E-state index in [0.29, 0.717) is 32.3 Å². The number of benzene rings is 1. The molecule has 0 heterocycles. The average molecular weight is 290 g/mol. The molecule has 0 radical (unpaired) electrons. The van der Waals surface area contributed by atoms with Crippen molar-refractivity contribution in [1.82, 2.24) is 10.6 Å². The molecule has 116 valence electrons. The highest BCUT2D eigenvalue weighted by atomic mass is 16.5. The van der Waals surface area contributed by atoms with Crippen molar-refractivity contribution in [1.29, 1.82) is 0 Å². The van der Waals surface area contributed by atoms with Crippen molar-refractivity contribution in [3.05, 3.63) is 35.4 Å². The summed E-state index contributed by atoms with van der Waals surface area (Å²) in [6, 6.07) is 8.61. The first-order valence-electron chi connectivity index (χ1n) is 7.94. The van der Waals surface area contributed by atoms with E-state index in [-0.39, 0.29) is 5.91 Å². The topological polar surface area (TPSA) is 50.4 Å². The Kier molecular flexibility index (Phi) is 6.70. The van der Waals surface area contributed by atoms with Gasteiger partial charge in [-0.3, -0.25) is 4.79 Å². The summed E-state index contributed by atoms with van der Waals surface area (Å²) in [5, 5.41) is 6.31. The van der Waals surface area contributed by atoms with Crippen LogP contribution >= 0.6 is 0 Å². The maximum absolute atomic E-state index is 11.9. The third kappa shape index (κ3) is 5.48. The fourth-order valence-corrected chi connectivity index (χ4v) is 2.71. The van der Waals surface area contributed by atoms with Gasteiger partial charge in [0.1, 0.15) is 0 Å². The number of carbonyl (C=O) groups excluding carboxylic acids is 1. The molecule has 4 nitrogen and oxygen atoms in total. The van der Waals surface area contributed by atoms with Gasteiger partial charge in [0.25, 0.3) is 0 Å². The van der Waals surface area contributed by atoms with E-state index in [4.69, 9.17) is 4.74 Å². The van der Waals surface area contributed by atoms with Crippen LogP contribution < -0.4 is 10.6 Å². The van der Waals surface area contributed by atoms with Gasteiger partial charge >= 0.3 is 0 Å². The molecule has 0 spiro atoms. The van der Waals surface area contributed by atoms with Crippen LogP contribution in [0, 0.1) is 0 Å². The Hall–Kier alpha value is -1.39. The molecule has 1 aliphatic rings. The second-order valence-corrected chi connectivity index (χ2v) is 5.54. The van der Waals surface area contributed by atoms with E-state index in [1.165, 1.54) is 25.7 Å². The first-order valence-corrected chi connectivity index (χ1v) is 7.94. The lowest BCUT2D eigenvalue weighted by Gasteiger charge is -2.13. The van der Waals surface area contributed by atoms with Crippen LogP contribution in [0.25, 0.3) is 0 Å². The zero-order valence-electron chi connectivity index (χ0n) is 12.9. The predicted octanol–water partition coefficient (Wildman–Crippen LogP) is 2.37. The lowest BCUT2D eigenvalue weighted by molar-refractivity contribution is -0.120. The van der Waals surface area contributed by atoms with E-state index in [1.54, 1.807) is 0 Å². The molecule has 1 fully saturated rings. The number of hydrogen-bond donors (Lipinski definition) is 2. The van der Waals surface area contributed by atoms with Crippen LogP contribution in [0.1, 0.15) is 43.7 Å². The summed E-state index contributed by atoms with van der Waals surface area (Å²) in [6.07, 6.45) is 4.96. The van der Waals surface area contributed by atoms with Gasteiger partial charge in [-0.05, 0) is 30.9 Å². The van der Waals surface area contributed by atoms with Crippen molar-refractivity contribution >= 4 is 5.91 Å². The molecule has 0 aliphatic heterocycles. The molecule has 0 atom stereocenters. The molecule has 1 saturated carbocycles. The van der Waals surface area contributed by atoms with Crippen LogP contribution in [0.15, 0.2) is 24.3 Å². The predicted molar refractivity (Wildman–Crippen MR) is 83.9 cm³/mol. The van der Waals surface area contributed by atoms with E-state index in [0.717, 1.165) is 11.1 Å². The molecule has 21 heavy (non-hydrogen) atoms. The normalized spacial score (nSPS) is 15.3. The minimum atomic E-state index is 0.0631. The summed E-state index contributed by atoms with van der Waals surface area (Å²) >= 11 is 0. The fourth-order valence-electron chi connectivity index (χ4n) is 2.71. The SMILES string of the molecule is CCOCc1ccccc1CNC(=O)CNC1CCCC1. The summed E-state index contributed by atoms with van der Waals surface area (Å²) in [5.74, 6) is 0.0631. The van der Waals surface area contributed by atoms with Gasteiger partial charge in [0.05, 0.1) is 13.2 Å². The molecule has 2 rings (SSSR count). The number of ether oxygens (including phenoxy) is 1. The number of nitrogens with one attached hydrogen (secondary N) is 2. The summed E-state index contributed by atoms with van der Waals surface area (Å²) in [4.78, 5) is 11.9. The molecular formula is C17H26N2O2. The molecular weight excluding hydrogens is 264 g/mol. The summed E-state index contributed by atoms with van der Waals surface area (Å²) in [6.45, 7) is 4.26. The van der Waals surface area contributed by atoms with Gasteiger partial charge < -0.3 is 15.4 Å². The molecule has 0 aromatic heterocycles. The molecule has 1 aromatic rings. The Labute approximate surface area is 127 Å². The highest BCUT2D eigenvalue weighted by molar-refractivity contribution is 5.78. The molecule has 1 amide bonds. The van der Waals surface area contributed by atoms with Gasteiger partial charge in [-0.2, -0.15) is 0 Å². The van der Waals surface area contributed by atoms with Gasteiger partial charge in [0, 0.05) is 19.2 Å². The number of amides is 1. The van der Waals surface area contributed by atoms with Gasteiger partial charge in [-0.15, -0.1) is 0 Å². The molecule has 1 aromatic carbocycles. The largest absolute Gasteiger partial charge is 0.377 e. The number of hydrogen-bond acceptors (Lipinski definition) is 3. The van der Waals surface area contributed by atoms with Crippen LogP contribution in [0.2, 0.25) is 0 Å². The standard InChI is InChI=1S/C17H26N2O2/c1-2-21-13-15-8-4-3-7-14(15)11-19-17(20)12-18-16-9-5-6-10-16/h3-4,7-8,16,18H,2,5-6,9-13H2,1H3,(H,19,20). The molecule has 4 heteroatoms. The fraction of sp³-hybridized carbons (Fsp3) is 0.588. The Morgan fingerprint density at radius 1 is 1.24 bits per heavy atom. The first kappa shape index (κ1) is 16.0. The Morgan fingerprint density at radius 3 is 2.67 bits per heavy atom. The second kappa shape index (κ2) is 8.80. The number of carbonyl (C=O) groups is 1. The van der Waals surface area contributed by atoms with E-state index >= 15 is 0 Å². The third-order valence-corrected chi connectivity index (χ3v) is 3.96. The Bertz CT molecular complexity index is 442. The van der Waals surface area contributed by atoms with Crippen molar-refractivity contribution in [3.63, 3.8) is 0 Å².